The van der Waals surface area contributed by atoms with E-state index in [1.54, 1.807) is 11.7 Å². The van der Waals surface area contributed by atoms with Crippen LogP contribution in [0.2, 0.25) is 0 Å². The fraction of sp³-hybridized carbons (Fsp3) is 0.556. The van der Waals surface area contributed by atoms with Crippen molar-refractivity contribution in [3.8, 4) is 0 Å². The molecule has 0 saturated heterocycles. The number of aliphatic carboxylic acids is 1. The molecule has 76 valence electrons. The van der Waals surface area contributed by atoms with Crippen molar-refractivity contribution in [1.29, 1.82) is 0 Å². The van der Waals surface area contributed by atoms with Crippen LogP contribution in [0, 0.1) is 0 Å². The minimum Gasteiger partial charge on any atom is -0.481 e. The lowest BCUT2D eigenvalue weighted by molar-refractivity contribution is -0.136. The number of aryl methyl sites for hydroxylation is 1. The Labute approximate surface area is 81.3 Å². The lowest BCUT2D eigenvalue weighted by atomic mass is 10.1. The van der Waals surface area contributed by atoms with Gasteiger partial charge < -0.3 is 9.84 Å². The third-order valence-electron chi connectivity index (χ3n) is 2.41. The molecule has 0 amide bonds. The molecule has 0 aliphatic carbocycles. The summed E-state index contributed by atoms with van der Waals surface area (Å²) in [5, 5.41) is 13.0. The Morgan fingerprint density at radius 1 is 1.71 bits per heavy atom. The van der Waals surface area contributed by atoms with E-state index in [0.717, 1.165) is 23.4 Å². The summed E-state index contributed by atoms with van der Waals surface area (Å²) in [7, 11) is 1.77. The average Bonchev–Trinajstić information content (AvgIpc) is 2.43. The van der Waals surface area contributed by atoms with Gasteiger partial charge in [0.25, 0.3) is 0 Å². The highest BCUT2D eigenvalue weighted by Gasteiger charge is 2.20. The number of hydrogen-bond acceptors (Lipinski definition) is 3. The quantitative estimate of drug-likeness (QED) is 0.729. The minimum atomic E-state index is -0.817. The predicted octanol–water partition coefficient (Wildman–Crippen LogP) is 0.120. The molecule has 5 nitrogen and oxygen atoms in total. The molecule has 0 unspecified atom stereocenters. The zero-order valence-electron chi connectivity index (χ0n) is 7.99. The summed E-state index contributed by atoms with van der Waals surface area (Å²) in [5.41, 5.74) is 2.74. The molecule has 0 spiro atoms. The van der Waals surface area contributed by atoms with Crippen LogP contribution in [0.5, 0.6) is 0 Å². The first kappa shape index (κ1) is 9.21. The SMILES string of the molecule is Cn1nc2c(c1CC(=O)O)CCOC2. The van der Waals surface area contributed by atoms with Crippen LogP contribution in [0.15, 0.2) is 0 Å². The van der Waals surface area contributed by atoms with Gasteiger partial charge in [0.05, 0.1) is 31.0 Å². The zero-order valence-corrected chi connectivity index (χ0v) is 7.99. The summed E-state index contributed by atoms with van der Waals surface area (Å²) in [6.45, 7) is 1.16. The van der Waals surface area contributed by atoms with Gasteiger partial charge in [-0.3, -0.25) is 9.48 Å². The minimum absolute atomic E-state index is 0.0405. The summed E-state index contributed by atoms with van der Waals surface area (Å²) < 4.78 is 6.89. The summed E-state index contributed by atoms with van der Waals surface area (Å²) in [4.78, 5) is 10.6. The van der Waals surface area contributed by atoms with Gasteiger partial charge in [0.1, 0.15) is 0 Å². The molecule has 2 rings (SSSR count). The van der Waals surface area contributed by atoms with Crippen LogP contribution in [-0.2, 0) is 36.0 Å². The predicted molar refractivity (Wildman–Crippen MR) is 47.9 cm³/mol. The monoisotopic (exact) mass is 196 g/mol. The lowest BCUT2D eigenvalue weighted by Gasteiger charge is -2.11. The topological polar surface area (TPSA) is 64.4 Å². The Hall–Kier alpha value is -1.36. The second-order valence-corrected chi connectivity index (χ2v) is 3.37. The second kappa shape index (κ2) is 3.42. The first-order valence-corrected chi connectivity index (χ1v) is 4.51. The smallest absolute Gasteiger partial charge is 0.309 e. The summed E-state index contributed by atoms with van der Waals surface area (Å²) in [6.07, 6.45) is 0.810. The number of aromatic nitrogens is 2. The Balaban J connectivity index is 2.37. The van der Waals surface area contributed by atoms with E-state index < -0.39 is 5.97 Å². The third-order valence-corrected chi connectivity index (χ3v) is 2.41. The van der Waals surface area contributed by atoms with E-state index in [2.05, 4.69) is 5.10 Å². The highest BCUT2D eigenvalue weighted by Crippen LogP contribution is 2.20. The Kier molecular flexibility index (Phi) is 2.25. The van der Waals surface area contributed by atoms with Crippen molar-refractivity contribution in [1.82, 2.24) is 9.78 Å². The van der Waals surface area contributed by atoms with Gasteiger partial charge in [0.15, 0.2) is 0 Å². The van der Waals surface area contributed by atoms with Gasteiger partial charge in [-0.25, -0.2) is 0 Å². The van der Waals surface area contributed by atoms with Crippen molar-refractivity contribution < 1.29 is 14.6 Å². The molecule has 0 fully saturated rings. The molecule has 1 aliphatic heterocycles. The first-order chi connectivity index (χ1) is 6.68. The molecule has 0 saturated carbocycles. The van der Waals surface area contributed by atoms with Gasteiger partial charge in [-0.15, -0.1) is 0 Å². The van der Waals surface area contributed by atoms with E-state index >= 15 is 0 Å². The van der Waals surface area contributed by atoms with Gasteiger partial charge in [-0.1, -0.05) is 0 Å². The molecule has 0 atom stereocenters. The molecular weight excluding hydrogens is 184 g/mol. The van der Waals surface area contributed by atoms with Crippen molar-refractivity contribution in [2.45, 2.75) is 19.4 Å². The number of hydrogen-bond donors (Lipinski definition) is 1. The van der Waals surface area contributed by atoms with E-state index in [1.165, 1.54) is 0 Å². The van der Waals surface area contributed by atoms with Crippen LogP contribution < -0.4 is 0 Å². The molecular formula is C9H12N2O3. The van der Waals surface area contributed by atoms with E-state index in [-0.39, 0.29) is 6.42 Å². The molecule has 0 radical (unpaired) electrons. The van der Waals surface area contributed by atoms with E-state index in [9.17, 15) is 4.79 Å². The highest BCUT2D eigenvalue weighted by molar-refractivity contribution is 5.70. The Bertz CT molecular complexity index is 370. The van der Waals surface area contributed by atoms with Crippen molar-refractivity contribution in [2.24, 2.45) is 7.05 Å². The zero-order chi connectivity index (χ0) is 10.1. The van der Waals surface area contributed by atoms with Crippen LogP contribution in [0.25, 0.3) is 0 Å². The van der Waals surface area contributed by atoms with Gasteiger partial charge >= 0.3 is 5.97 Å². The van der Waals surface area contributed by atoms with Gasteiger partial charge in [0, 0.05) is 12.6 Å². The van der Waals surface area contributed by atoms with Crippen LogP contribution in [0.4, 0.5) is 0 Å². The number of carboxylic acids is 1. The fourth-order valence-electron chi connectivity index (χ4n) is 1.78. The van der Waals surface area contributed by atoms with E-state index in [0.29, 0.717) is 13.2 Å². The van der Waals surface area contributed by atoms with E-state index in [1.807, 2.05) is 0 Å². The standard InChI is InChI=1S/C9H12N2O3/c1-11-8(4-9(12)13)6-2-3-14-5-7(6)10-11/h2-5H2,1H3,(H,12,13). The lowest BCUT2D eigenvalue weighted by Crippen LogP contribution is -2.12. The second-order valence-electron chi connectivity index (χ2n) is 3.37. The first-order valence-electron chi connectivity index (χ1n) is 4.51. The molecule has 2 heterocycles. The van der Waals surface area contributed by atoms with Gasteiger partial charge in [-0.05, 0) is 6.42 Å². The van der Waals surface area contributed by atoms with Crippen LogP contribution in [-0.4, -0.2) is 27.5 Å². The third kappa shape index (κ3) is 1.50. The number of fused-ring (bicyclic) bond motifs is 1. The number of carboxylic acid groups (broad SMARTS) is 1. The van der Waals surface area contributed by atoms with Crippen molar-refractivity contribution in [2.75, 3.05) is 6.61 Å². The molecule has 0 aromatic carbocycles. The molecule has 0 bridgehead atoms. The maximum absolute atomic E-state index is 10.6. The number of nitrogens with zero attached hydrogens (tertiary/aromatic N) is 2. The number of rotatable bonds is 2. The molecule has 5 heteroatoms. The molecule has 14 heavy (non-hydrogen) atoms. The summed E-state index contributed by atoms with van der Waals surface area (Å²) in [5.74, 6) is -0.817. The Morgan fingerprint density at radius 3 is 3.21 bits per heavy atom. The molecule has 1 aliphatic rings. The fourth-order valence-corrected chi connectivity index (χ4v) is 1.78. The van der Waals surface area contributed by atoms with Crippen LogP contribution in [0.1, 0.15) is 17.0 Å². The van der Waals surface area contributed by atoms with Crippen molar-refractivity contribution in [3.05, 3.63) is 17.0 Å². The largest absolute Gasteiger partial charge is 0.481 e. The van der Waals surface area contributed by atoms with Crippen LogP contribution in [0.3, 0.4) is 0 Å². The average molecular weight is 196 g/mol. The molecule has 1 aromatic rings. The van der Waals surface area contributed by atoms with Crippen molar-refractivity contribution in [3.63, 3.8) is 0 Å². The number of ether oxygens (including phenoxy) is 1. The maximum atomic E-state index is 10.6. The normalized spacial score (nSPS) is 15.2. The van der Waals surface area contributed by atoms with Gasteiger partial charge in [0.2, 0.25) is 0 Å². The molecule has 1 N–H and O–H groups in total. The summed E-state index contributed by atoms with van der Waals surface area (Å²) >= 11 is 0. The maximum Gasteiger partial charge on any atom is 0.309 e. The van der Waals surface area contributed by atoms with Crippen LogP contribution >= 0.6 is 0 Å². The Morgan fingerprint density at radius 2 is 2.50 bits per heavy atom. The number of carbonyl (C=O) groups is 1. The highest BCUT2D eigenvalue weighted by atomic mass is 16.5. The van der Waals surface area contributed by atoms with E-state index in [4.69, 9.17) is 9.84 Å². The molecule has 1 aromatic heterocycles. The van der Waals surface area contributed by atoms with Gasteiger partial charge in [-0.2, -0.15) is 5.10 Å². The summed E-state index contributed by atoms with van der Waals surface area (Å²) in [6, 6.07) is 0. The van der Waals surface area contributed by atoms with Crippen molar-refractivity contribution >= 4 is 5.97 Å².